The van der Waals surface area contributed by atoms with Crippen molar-refractivity contribution in [2.45, 2.75) is 0 Å². The molecule has 0 amide bonds. The van der Waals surface area contributed by atoms with Crippen LogP contribution < -0.4 is 4.74 Å². The van der Waals surface area contributed by atoms with Crippen LogP contribution in [-0.2, 0) is 0 Å². The lowest BCUT2D eigenvalue weighted by Gasteiger charge is -2.02. The number of hydrogen-bond acceptors (Lipinski definition) is 1. The van der Waals surface area contributed by atoms with Gasteiger partial charge in [-0.3, -0.25) is 0 Å². The molecule has 2 aromatic carbocycles. The number of rotatable bonds is 2. The van der Waals surface area contributed by atoms with Gasteiger partial charge in [0.1, 0.15) is 11.5 Å². The number of benzene rings is 1. The normalized spacial score (nSPS) is 8.92. The molecule has 0 atom stereocenters. The van der Waals surface area contributed by atoms with E-state index >= 15 is 0 Å². The van der Waals surface area contributed by atoms with Crippen LogP contribution in [0.15, 0.2) is 48.5 Å². The minimum absolute atomic E-state index is 0.782. The molecule has 1 heteroatoms. The van der Waals surface area contributed by atoms with Crippen molar-refractivity contribution < 1.29 is 4.74 Å². The van der Waals surface area contributed by atoms with Gasteiger partial charge in [-0.1, -0.05) is 30.3 Å². The van der Waals surface area contributed by atoms with Gasteiger partial charge in [-0.05, 0) is 24.3 Å². The van der Waals surface area contributed by atoms with Crippen molar-refractivity contribution in [3.63, 3.8) is 0 Å². The number of para-hydroxylation sites is 1. The summed E-state index contributed by atoms with van der Waals surface area (Å²) in [6.07, 6.45) is 0. The van der Waals surface area contributed by atoms with Crippen molar-refractivity contribution in [3.8, 4) is 11.5 Å². The molecular weight excluding hydrogens is 160 g/mol. The molecule has 0 spiro atoms. The summed E-state index contributed by atoms with van der Waals surface area (Å²) in [5, 5.41) is 0. The molecule has 0 saturated heterocycles. The Labute approximate surface area is 77.6 Å². The molecule has 2 aromatic rings. The maximum absolute atomic E-state index is 5.53. The van der Waals surface area contributed by atoms with Gasteiger partial charge in [0.2, 0.25) is 0 Å². The van der Waals surface area contributed by atoms with Crippen LogP contribution in [0.1, 0.15) is 0 Å². The van der Waals surface area contributed by atoms with Crippen LogP contribution in [0.2, 0.25) is 0 Å². The zero-order chi connectivity index (χ0) is 8.93. The van der Waals surface area contributed by atoms with E-state index in [1.807, 2.05) is 36.4 Å². The Morgan fingerprint density at radius 2 is 1.69 bits per heavy atom. The van der Waals surface area contributed by atoms with E-state index in [0.29, 0.717) is 0 Å². The lowest BCUT2D eigenvalue weighted by molar-refractivity contribution is 0.483. The number of hydrogen-bond donors (Lipinski definition) is 0. The third kappa shape index (κ3) is 2.00. The molecule has 0 aliphatic heterocycles. The molecule has 0 aliphatic carbocycles. The Kier molecular flexibility index (Phi) is 2.16. The highest BCUT2D eigenvalue weighted by atomic mass is 16.5. The van der Waals surface area contributed by atoms with Crippen molar-refractivity contribution in [1.82, 2.24) is 0 Å². The van der Waals surface area contributed by atoms with Crippen molar-refractivity contribution in [2.24, 2.45) is 0 Å². The lowest BCUT2D eigenvalue weighted by atomic mass is 10.3. The Morgan fingerprint density at radius 3 is 2.38 bits per heavy atom. The first-order valence-corrected chi connectivity index (χ1v) is 4.06. The zero-order valence-electron chi connectivity index (χ0n) is 7.03. The van der Waals surface area contributed by atoms with E-state index in [-0.39, 0.29) is 0 Å². The van der Waals surface area contributed by atoms with Gasteiger partial charge in [-0.2, -0.15) is 0 Å². The van der Waals surface area contributed by atoms with E-state index in [2.05, 4.69) is 12.1 Å². The van der Waals surface area contributed by atoms with E-state index in [1.165, 1.54) is 0 Å². The van der Waals surface area contributed by atoms with E-state index in [9.17, 15) is 0 Å². The molecule has 2 rings (SSSR count). The zero-order valence-corrected chi connectivity index (χ0v) is 7.03. The third-order valence-corrected chi connectivity index (χ3v) is 1.61. The molecule has 0 N–H and O–H groups in total. The molecule has 13 heavy (non-hydrogen) atoms. The second-order valence-corrected chi connectivity index (χ2v) is 2.58. The van der Waals surface area contributed by atoms with Crippen LogP contribution in [0.5, 0.6) is 11.5 Å². The quantitative estimate of drug-likeness (QED) is 0.669. The van der Waals surface area contributed by atoms with E-state index in [4.69, 9.17) is 4.74 Å². The van der Waals surface area contributed by atoms with Crippen molar-refractivity contribution in [3.05, 3.63) is 60.7 Å². The molecule has 0 bridgehead atoms. The second kappa shape index (κ2) is 3.64. The van der Waals surface area contributed by atoms with Crippen molar-refractivity contribution in [2.75, 3.05) is 0 Å². The molecule has 0 aliphatic rings. The fraction of sp³-hybridized carbons (Fsp3) is 0. The predicted molar refractivity (Wildman–Crippen MR) is 50.6 cm³/mol. The van der Waals surface area contributed by atoms with E-state index < -0.39 is 0 Å². The average molecular weight is 168 g/mol. The summed E-state index contributed by atoms with van der Waals surface area (Å²) < 4.78 is 5.53. The van der Waals surface area contributed by atoms with Crippen LogP contribution >= 0.6 is 0 Å². The Hall–Kier alpha value is -1.94. The molecule has 62 valence electrons. The summed E-state index contributed by atoms with van der Waals surface area (Å²) in [7, 11) is 0. The molecule has 0 heterocycles. The largest absolute Gasteiger partial charge is 0.457 e. The topological polar surface area (TPSA) is 9.23 Å². The number of ether oxygens (including phenoxy) is 1. The molecule has 0 saturated carbocycles. The summed E-state index contributed by atoms with van der Waals surface area (Å²) in [5.74, 6) is 1.62. The van der Waals surface area contributed by atoms with Crippen molar-refractivity contribution >= 4 is 0 Å². The van der Waals surface area contributed by atoms with Gasteiger partial charge in [0.05, 0.1) is 0 Å². The fourth-order valence-electron chi connectivity index (χ4n) is 1.02. The minimum Gasteiger partial charge on any atom is -0.457 e. The van der Waals surface area contributed by atoms with Crippen molar-refractivity contribution in [1.29, 1.82) is 0 Å². The fourth-order valence-corrected chi connectivity index (χ4v) is 1.02. The second-order valence-electron chi connectivity index (χ2n) is 2.58. The molecule has 0 aromatic heterocycles. The highest BCUT2D eigenvalue weighted by Crippen LogP contribution is 2.18. The molecular formula is C12H8O. The first-order chi connectivity index (χ1) is 6.45. The van der Waals surface area contributed by atoms with Crippen LogP contribution in [0.25, 0.3) is 0 Å². The van der Waals surface area contributed by atoms with Gasteiger partial charge in [0.25, 0.3) is 0 Å². The van der Waals surface area contributed by atoms with Crippen LogP contribution in [0.3, 0.4) is 0 Å². The molecule has 0 unspecified atom stereocenters. The van der Waals surface area contributed by atoms with E-state index in [1.54, 1.807) is 12.1 Å². The Balaban J connectivity index is 2.16. The van der Waals surface area contributed by atoms with Gasteiger partial charge in [-0.15, -0.1) is 0 Å². The Morgan fingerprint density at radius 1 is 0.846 bits per heavy atom. The Bertz CT molecular complexity index is 316. The molecule has 0 fully saturated rings. The van der Waals surface area contributed by atoms with Gasteiger partial charge in [0.15, 0.2) is 0 Å². The van der Waals surface area contributed by atoms with Crippen LogP contribution in [-0.4, -0.2) is 0 Å². The SMILES string of the molecule is c1ccc(Oc2ccccc2)cc#1. The summed E-state index contributed by atoms with van der Waals surface area (Å²) in [5.41, 5.74) is 0. The average Bonchev–Trinajstić information content (AvgIpc) is 2.21. The van der Waals surface area contributed by atoms with Gasteiger partial charge >= 0.3 is 0 Å². The maximum atomic E-state index is 5.53. The smallest absolute Gasteiger partial charge is 0.136 e. The van der Waals surface area contributed by atoms with Gasteiger partial charge in [0, 0.05) is 6.07 Å². The highest BCUT2D eigenvalue weighted by Gasteiger charge is 1.92. The van der Waals surface area contributed by atoms with Crippen LogP contribution in [0.4, 0.5) is 0 Å². The summed E-state index contributed by atoms with van der Waals surface area (Å²) in [6.45, 7) is 0. The molecule has 0 radical (unpaired) electrons. The third-order valence-electron chi connectivity index (χ3n) is 1.61. The van der Waals surface area contributed by atoms with Gasteiger partial charge < -0.3 is 4.74 Å². The summed E-state index contributed by atoms with van der Waals surface area (Å²) >= 11 is 0. The minimum atomic E-state index is 0.782. The maximum Gasteiger partial charge on any atom is 0.136 e. The standard InChI is InChI=1S/C12H8O/c1-3-7-11(8-4-1)13-12-9-5-2-6-10-12/h1,3-5,7-10H. The first-order valence-electron chi connectivity index (χ1n) is 4.06. The highest BCUT2D eigenvalue weighted by molar-refractivity contribution is 5.28. The monoisotopic (exact) mass is 168 g/mol. The van der Waals surface area contributed by atoms with E-state index in [0.717, 1.165) is 11.5 Å². The molecule has 1 nitrogen and oxygen atoms in total. The summed E-state index contributed by atoms with van der Waals surface area (Å²) in [4.78, 5) is 0. The summed E-state index contributed by atoms with van der Waals surface area (Å²) in [6, 6.07) is 20.7. The van der Waals surface area contributed by atoms with Crippen LogP contribution in [0, 0.1) is 12.1 Å². The first kappa shape index (κ1) is 7.70. The lowest BCUT2D eigenvalue weighted by Crippen LogP contribution is -1.81. The van der Waals surface area contributed by atoms with Gasteiger partial charge in [-0.25, -0.2) is 0 Å². The predicted octanol–water partition coefficient (Wildman–Crippen LogP) is 3.08.